The minimum absolute atomic E-state index is 0.314. The van der Waals surface area contributed by atoms with Gasteiger partial charge in [0, 0.05) is 24.3 Å². The average molecular weight is 288 g/mol. The van der Waals surface area contributed by atoms with Crippen LogP contribution >= 0.6 is 0 Å². The molecule has 2 nitrogen and oxygen atoms in total. The van der Waals surface area contributed by atoms with Gasteiger partial charge in [0.15, 0.2) is 0 Å². The Labute approximate surface area is 130 Å². The average Bonchev–Trinajstić information content (AvgIpc) is 2.44. The molecule has 1 aliphatic rings. The molecule has 2 atom stereocenters. The summed E-state index contributed by atoms with van der Waals surface area (Å²) < 4.78 is 0. The van der Waals surface area contributed by atoms with Crippen molar-refractivity contribution in [3.05, 3.63) is 29.8 Å². The third kappa shape index (κ3) is 4.00. The summed E-state index contributed by atoms with van der Waals surface area (Å²) in [7, 11) is 0. The van der Waals surface area contributed by atoms with Crippen LogP contribution in [0.2, 0.25) is 0 Å². The summed E-state index contributed by atoms with van der Waals surface area (Å²) in [6, 6.07) is 10.2. The van der Waals surface area contributed by atoms with Crippen LogP contribution in [-0.4, -0.2) is 25.2 Å². The highest BCUT2D eigenvalue weighted by Crippen LogP contribution is 2.31. The molecule has 21 heavy (non-hydrogen) atoms. The Morgan fingerprint density at radius 3 is 2.67 bits per heavy atom. The zero-order valence-corrected chi connectivity index (χ0v) is 14.4. The molecule has 0 bridgehead atoms. The zero-order valence-electron chi connectivity index (χ0n) is 14.4. The van der Waals surface area contributed by atoms with Crippen LogP contribution in [0.15, 0.2) is 24.3 Å². The largest absolute Gasteiger partial charge is 0.369 e. The highest BCUT2D eigenvalue weighted by Gasteiger charge is 2.27. The van der Waals surface area contributed by atoms with E-state index in [1.54, 1.807) is 0 Å². The molecule has 1 aliphatic heterocycles. The van der Waals surface area contributed by atoms with Gasteiger partial charge in [-0.2, -0.15) is 0 Å². The first-order valence-corrected chi connectivity index (χ1v) is 8.51. The number of nitrogens with zero attached hydrogens (tertiary/aromatic N) is 1. The van der Waals surface area contributed by atoms with Crippen molar-refractivity contribution < 1.29 is 0 Å². The number of rotatable bonds is 5. The zero-order chi connectivity index (χ0) is 15.5. The van der Waals surface area contributed by atoms with E-state index in [-0.39, 0.29) is 0 Å². The van der Waals surface area contributed by atoms with Crippen molar-refractivity contribution in [3.8, 4) is 0 Å². The van der Waals surface area contributed by atoms with Crippen molar-refractivity contribution in [2.45, 2.75) is 66.0 Å². The standard InChI is InChI=1S/C19H32N2/c1-6-20-18(19(3,4)5)13-14-21-15(2)11-12-16-9-7-8-10-17(16)21/h7-10,15,18,20H,6,11-14H2,1-5H3. The number of para-hydroxylation sites is 1. The van der Waals surface area contributed by atoms with Gasteiger partial charge >= 0.3 is 0 Å². The van der Waals surface area contributed by atoms with Crippen LogP contribution in [-0.2, 0) is 6.42 Å². The highest BCUT2D eigenvalue weighted by atomic mass is 15.2. The lowest BCUT2D eigenvalue weighted by Crippen LogP contribution is -2.45. The third-order valence-corrected chi connectivity index (χ3v) is 4.82. The lowest BCUT2D eigenvalue weighted by atomic mass is 9.84. The number of anilines is 1. The fourth-order valence-corrected chi connectivity index (χ4v) is 3.46. The Bertz CT molecular complexity index is 447. The number of benzene rings is 1. The molecule has 2 heteroatoms. The molecule has 2 unspecified atom stereocenters. The summed E-state index contributed by atoms with van der Waals surface area (Å²) in [5.41, 5.74) is 3.29. The summed E-state index contributed by atoms with van der Waals surface area (Å²) in [6.45, 7) is 13.8. The van der Waals surface area contributed by atoms with Gasteiger partial charge in [-0.1, -0.05) is 45.9 Å². The van der Waals surface area contributed by atoms with Gasteiger partial charge in [-0.15, -0.1) is 0 Å². The van der Waals surface area contributed by atoms with E-state index in [0.717, 1.165) is 13.1 Å². The topological polar surface area (TPSA) is 15.3 Å². The maximum absolute atomic E-state index is 3.67. The highest BCUT2D eigenvalue weighted by molar-refractivity contribution is 5.56. The van der Waals surface area contributed by atoms with E-state index >= 15 is 0 Å². The number of aryl methyl sites for hydroxylation is 1. The van der Waals surface area contributed by atoms with Gasteiger partial charge in [-0.05, 0) is 49.8 Å². The van der Waals surface area contributed by atoms with E-state index in [4.69, 9.17) is 0 Å². The van der Waals surface area contributed by atoms with Crippen molar-refractivity contribution in [2.24, 2.45) is 5.41 Å². The predicted octanol–water partition coefficient (Wildman–Crippen LogP) is 4.24. The number of hydrogen-bond donors (Lipinski definition) is 1. The van der Waals surface area contributed by atoms with Crippen LogP contribution in [0.4, 0.5) is 5.69 Å². The first-order valence-electron chi connectivity index (χ1n) is 8.51. The second-order valence-electron chi connectivity index (χ2n) is 7.47. The molecule has 1 heterocycles. The maximum Gasteiger partial charge on any atom is 0.0401 e. The Balaban J connectivity index is 2.08. The molecule has 118 valence electrons. The Hall–Kier alpha value is -1.02. The van der Waals surface area contributed by atoms with Gasteiger partial charge in [0.05, 0.1) is 0 Å². The second kappa shape index (κ2) is 6.83. The Morgan fingerprint density at radius 1 is 1.29 bits per heavy atom. The quantitative estimate of drug-likeness (QED) is 0.871. The first-order chi connectivity index (χ1) is 9.93. The van der Waals surface area contributed by atoms with E-state index in [9.17, 15) is 0 Å². The summed E-state index contributed by atoms with van der Waals surface area (Å²) >= 11 is 0. The SMILES string of the molecule is CCNC(CCN1c2ccccc2CCC1C)C(C)(C)C. The molecule has 0 amide bonds. The smallest absolute Gasteiger partial charge is 0.0401 e. The van der Waals surface area contributed by atoms with Crippen LogP contribution in [0.3, 0.4) is 0 Å². The van der Waals surface area contributed by atoms with E-state index in [2.05, 4.69) is 69.1 Å². The molecule has 0 radical (unpaired) electrons. The normalized spacial score (nSPS) is 20.2. The van der Waals surface area contributed by atoms with Gasteiger partial charge in [0.25, 0.3) is 0 Å². The fraction of sp³-hybridized carbons (Fsp3) is 0.684. The molecule has 0 spiro atoms. The third-order valence-electron chi connectivity index (χ3n) is 4.82. The van der Waals surface area contributed by atoms with Crippen LogP contribution in [0.1, 0.15) is 53.0 Å². The Morgan fingerprint density at radius 2 is 2.00 bits per heavy atom. The van der Waals surface area contributed by atoms with Gasteiger partial charge in [0.2, 0.25) is 0 Å². The van der Waals surface area contributed by atoms with E-state index in [1.165, 1.54) is 30.5 Å². The monoisotopic (exact) mass is 288 g/mol. The molecule has 1 aromatic rings. The molecule has 1 N–H and O–H groups in total. The van der Waals surface area contributed by atoms with Crippen molar-refractivity contribution in [3.63, 3.8) is 0 Å². The van der Waals surface area contributed by atoms with Crippen molar-refractivity contribution >= 4 is 5.69 Å². The second-order valence-corrected chi connectivity index (χ2v) is 7.47. The molecule has 0 saturated heterocycles. The van der Waals surface area contributed by atoms with Crippen LogP contribution < -0.4 is 10.2 Å². The molecular formula is C19H32N2. The molecule has 1 aromatic carbocycles. The van der Waals surface area contributed by atoms with Gasteiger partial charge in [-0.25, -0.2) is 0 Å². The minimum atomic E-state index is 0.314. The van der Waals surface area contributed by atoms with Crippen LogP contribution in [0.25, 0.3) is 0 Å². The molecular weight excluding hydrogens is 256 g/mol. The maximum atomic E-state index is 3.67. The minimum Gasteiger partial charge on any atom is -0.369 e. The first kappa shape index (κ1) is 16.4. The number of nitrogens with one attached hydrogen (secondary N) is 1. The van der Waals surface area contributed by atoms with Crippen molar-refractivity contribution in [1.29, 1.82) is 0 Å². The predicted molar refractivity (Wildman–Crippen MR) is 93.1 cm³/mol. The summed E-state index contributed by atoms with van der Waals surface area (Å²) in [6.07, 6.45) is 3.71. The molecule has 2 rings (SSSR count). The van der Waals surface area contributed by atoms with Crippen molar-refractivity contribution in [1.82, 2.24) is 5.32 Å². The molecule has 0 fully saturated rings. The molecule has 0 aromatic heterocycles. The van der Waals surface area contributed by atoms with Gasteiger partial charge in [-0.3, -0.25) is 0 Å². The number of fused-ring (bicyclic) bond motifs is 1. The van der Waals surface area contributed by atoms with E-state index in [0.29, 0.717) is 17.5 Å². The lowest BCUT2D eigenvalue weighted by Gasteiger charge is -2.40. The Kier molecular flexibility index (Phi) is 5.32. The van der Waals surface area contributed by atoms with Crippen LogP contribution in [0.5, 0.6) is 0 Å². The summed E-state index contributed by atoms with van der Waals surface area (Å²) in [5.74, 6) is 0. The molecule has 0 saturated carbocycles. The van der Waals surface area contributed by atoms with Crippen LogP contribution in [0, 0.1) is 5.41 Å². The number of hydrogen-bond acceptors (Lipinski definition) is 2. The summed E-state index contributed by atoms with van der Waals surface area (Å²) in [5, 5.41) is 3.67. The van der Waals surface area contributed by atoms with E-state index in [1.807, 2.05) is 0 Å². The lowest BCUT2D eigenvalue weighted by molar-refractivity contribution is 0.258. The fourth-order valence-electron chi connectivity index (χ4n) is 3.46. The van der Waals surface area contributed by atoms with Gasteiger partial charge < -0.3 is 10.2 Å². The summed E-state index contributed by atoms with van der Waals surface area (Å²) in [4.78, 5) is 2.62. The van der Waals surface area contributed by atoms with E-state index < -0.39 is 0 Å². The van der Waals surface area contributed by atoms with Gasteiger partial charge in [0.1, 0.15) is 0 Å². The van der Waals surface area contributed by atoms with Crippen molar-refractivity contribution in [2.75, 3.05) is 18.0 Å². The molecule has 0 aliphatic carbocycles.